The van der Waals surface area contributed by atoms with Crippen LogP contribution in [0, 0.1) is 69.5 Å². The highest BCUT2D eigenvalue weighted by atomic mass is 16.2. The Kier molecular flexibility index (Phi) is 5.12. The van der Waals surface area contributed by atoms with Crippen LogP contribution in [0.1, 0.15) is 116 Å². The van der Waals surface area contributed by atoms with E-state index >= 15 is 0 Å². The maximum atomic E-state index is 14.1. The fourth-order valence-electron chi connectivity index (χ4n) is 14.6. The monoisotopic (exact) mass is 571 g/mol. The number of hydrogen-bond donors (Lipinski definition) is 3. The molecule has 0 aromatic rings. The second-order valence-corrected chi connectivity index (χ2v) is 18.2. The molecule has 13 rings (SSSR count). The van der Waals surface area contributed by atoms with Gasteiger partial charge >= 0.3 is 0 Å². The molecule has 0 atom stereocenters. The molecule has 0 saturated heterocycles. The van der Waals surface area contributed by atoms with Gasteiger partial charge in [0.15, 0.2) is 0 Å². The quantitative estimate of drug-likeness (QED) is 0.389. The predicted octanol–water partition coefficient (Wildman–Crippen LogP) is 5.58. The van der Waals surface area contributed by atoms with Gasteiger partial charge in [-0.05, 0) is 169 Å². The molecular weight excluding hydrogens is 522 g/mol. The van der Waals surface area contributed by atoms with Crippen molar-refractivity contribution in [3.8, 4) is 0 Å². The van der Waals surface area contributed by atoms with Gasteiger partial charge in [-0.1, -0.05) is 0 Å². The van der Waals surface area contributed by atoms with Crippen LogP contribution in [0.25, 0.3) is 0 Å². The van der Waals surface area contributed by atoms with Crippen LogP contribution in [-0.2, 0) is 14.4 Å². The Bertz CT molecular complexity index is 1120. The number of amides is 3. The summed E-state index contributed by atoms with van der Waals surface area (Å²) in [4.78, 5) is 42.3. The van der Waals surface area contributed by atoms with Gasteiger partial charge in [0.05, 0.1) is 22.2 Å². The number of rotatable bonds is 6. The summed E-state index contributed by atoms with van der Waals surface area (Å²) in [5, 5.41) is 10.2. The zero-order valence-electron chi connectivity index (χ0n) is 25.2. The summed E-state index contributed by atoms with van der Waals surface area (Å²) in [7, 11) is 0. The summed E-state index contributed by atoms with van der Waals surface area (Å²) in [6, 6.07) is -0.332. The minimum atomic E-state index is -0.332. The van der Waals surface area contributed by atoms with Crippen LogP contribution in [0.15, 0.2) is 11.4 Å². The fraction of sp³-hybridized carbons (Fsp3) is 0.861. The lowest BCUT2D eigenvalue weighted by Crippen LogP contribution is -2.55. The first-order chi connectivity index (χ1) is 20.3. The first-order valence-corrected chi connectivity index (χ1v) is 17.9. The van der Waals surface area contributed by atoms with E-state index in [-0.39, 0.29) is 40.0 Å². The molecule has 42 heavy (non-hydrogen) atoms. The third-order valence-corrected chi connectivity index (χ3v) is 15.1. The standard InChI is InChI=1S/C36H49N3O3/c40-31(34-10-19-1-20(11-34)3-21(2-19)12-34)37-28-29(38-32(41)35-13-22-4-23(14-35)6-24(5-22)15-35)30(28)39-33(42)36-16-25-7-26(17-36)9-27(8-25)18-36/h19-28H,1-18H2,(H,37,40)(H,38,41)(H,39,42). The van der Waals surface area contributed by atoms with Crippen LogP contribution in [0.3, 0.4) is 0 Å². The Morgan fingerprint density at radius 1 is 0.405 bits per heavy atom. The highest BCUT2D eigenvalue weighted by Gasteiger charge is 2.59. The molecule has 0 aromatic carbocycles. The summed E-state index contributed by atoms with van der Waals surface area (Å²) < 4.78 is 0. The highest BCUT2D eigenvalue weighted by molar-refractivity contribution is 5.91. The molecule has 0 spiro atoms. The van der Waals surface area contributed by atoms with Crippen molar-refractivity contribution in [3.63, 3.8) is 0 Å². The van der Waals surface area contributed by atoms with E-state index in [0.717, 1.165) is 69.2 Å². The summed E-state index contributed by atoms with van der Waals surface area (Å²) in [6.45, 7) is 0. The van der Waals surface area contributed by atoms with Crippen LogP contribution in [-0.4, -0.2) is 23.8 Å². The Morgan fingerprint density at radius 3 is 0.905 bits per heavy atom. The Hall–Kier alpha value is -1.85. The van der Waals surface area contributed by atoms with Crippen LogP contribution < -0.4 is 16.0 Å². The van der Waals surface area contributed by atoms with E-state index in [4.69, 9.17) is 0 Å². The number of carbonyl (C=O) groups excluding carboxylic acids is 3. The molecule has 6 heteroatoms. The number of hydrogen-bond acceptors (Lipinski definition) is 3. The van der Waals surface area contributed by atoms with Crippen molar-refractivity contribution in [2.45, 2.75) is 122 Å². The first kappa shape index (κ1) is 25.5. The van der Waals surface area contributed by atoms with Crippen molar-refractivity contribution in [1.82, 2.24) is 16.0 Å². The van der Waals surface area contributed by atoms with Crippen LogP contribution >= 0.6 is 0 Å². The smallest absolute Gasteiger partial charge is 0.230 e. The van der Waals surface area contributed by atoms with Crippen molar-refractivity contribution in [2.75, 3.05) is 0 Å². The molecule has 3 N–H and O–H groups in total. The highest BCUT2D eigenvalue weighted by Crippen LogP contribution is 2.63. The SMILES string of the molecule is O=C(NC1=C(NC(=O)C23CC4CC(CC(C4)C2)C3)C1NC(=O)C12CC3CC(CC(C3)C1)C2)C12CC3CC(CC(C3)C1)C2. The molecular formula is C36H49N3O3. The fourth-order valence-corrected chi connectivity index (χ4v) is 14.6. The Labute approximate surface area is 250 Å². The Morgan fingerprint density at radius 2 is 0.643 bits per heavy atom. The summed E-state index contributed by atoms with van der Waals surface area (Å²) in [6.07, 6.45) is 21.0. The lowest BCUT2D eigenvalue weighted by atomic mass is 9.49. The van der Waals surface area contributed by atoms with E-state index in [2.05, 4.69) is 16.0 Å². The van der Waals surface area contributed by atoms with Crippen molar-refractivity contribution in [3.05, 3.63) is 11.4 Å². The molecule has 0 radical (unpaired) electrons. The van der Waals surface area contributed by atoms with Gasteiger partial charge < -0.3 is 16.0 Å². The van der Waals surface area contributed by atoms with Crippen LogP contribution in [0.2, 0.25) is 0 Å². The summed E-state index contributed by atoms with van der Waals surface area (Å²) >= 11 is 0. The van der Waals surface area contributed by atoms with Gasteiger partial charge in [-0.3, -0.25) is 14.4 Å². The third-order valence-electron chi connectivity index (χ3n) is 15.1. The minimum absolute atomic E-state index is 0.171. The van der Waals surface area contributed by atoms with Crippen molar-refractivity contribution in [2.24, 2.45) is 69.5 Å². The average molecular weight is 572 g/mol. The second-order valence-electron chi connectivity index (χ2n) is 18.2. The maximum Gasteiger partial charge on any atom is 0.230 e. The van der Waals surface area contributed by atoms with E-state index in [1.165, 1.54) is 57.8 Å². The van der Waals surface area contributed by atoms with Gasteiger partial charge in [0.1, 0.15) is 6.04 Å². The van der Waals surface area contributed by atoms with Gasteiger partial charge in [0.25, 0.3) is 0 Å². The third kappa shape index (κ3) is 3.71. The lowest BCUT2D eigenvalue weighted by molar-refractivity contribution is -0.147. The van der Waals surface area contributed by atoms with E-state index in [1.54, 1.807) is 0 Å². The summed E-state index contributed by atoms with van der Waals surface area (Å²) in [5.74, 6) is 6.89. The molecule has 12 saturated carbocycles. The van der Waals surface area contributed by atoms with Crippen molar-refractivity contribution < 1.29 is 14.4 Å². The lowest BCUT2D eigenvalue weighted by Gasteiger charge is -2.55. The van der Waals surface area contributed by atoms with Gasteiger partial charge in [0.2, 0.25) is 17.7 Å². The van der Waals surface area contributed by atoms with E-state index in [9.17, 15) is 14.4 Å². The van der Waals surface area contributed by atoms with Crippen molar-refractivity contribution >= 4 is 17.7 Å². The topological polar surface area (TPSA) is 87.3 Å². The van der Waals surface area contributed by atoms with E-state index < -0.39 is 0 Å². The summed E-state index contributed by atoms with van der Waals surface area (Å²) in [5.41, 5.74) is 0.877. The average Bonchev–Trinajstić information content (AvgIpc) is 3.54. The van der Waals surface area contributed by atoms with E-state index in [1.807, 2.05) is 0 Å². The largest absolute Gasteiger partial charge is 0.342 e. The predicted molar refractivity (Wildman–Crippen MR) is 157 cm³/mol. The van der Waals surface area contributed by atoms with Gasteiger partial charge in [-0.25, -0.2) is 0 Å². The molecule has 0 aromatic heterocycles. The minimum Gasteiger partial charge on any atom is -0.342 e. The van der Waals surface area contributed by atoms with Gasteiger partial charge in [-0.2, -0.15) is 0 Å². The Balaban J connectivity index is 0.905. The molecule has 6 nitrogen and oxygen atoms in total. The first-order valence-electron chi connectivity index (χ1n) is 17.9. The number of nitrogens with one attached hydrogen (secondary N) is 3. The van der Waals surface area contributed by atoms with Crippen molar-refractivity contribution in [1.29, 1.82) is 0 Å². The molecule has 3 amide bonds. The number of carbonyl (C=O) groups is 3. The molecule has 12 bridgehead atoms. The zero-order chi connectivity index (χ0) is 28.0. The molecule has 0 unspecified atom stereocenters. The van der Waals surface area contributed by atoms with E-state index in [0.29, 0.717) is 53.3 Å². The molecule has 0 heterocycles. The van der Waals surface area contributed by atoms with Crippen LogP contribution in [0.4, 0.5) is 0 Å². The van der Waals surface area contributed by atoms with Crippen LogP contribution in [0.5, 0.6) is 0 Å². The zero-order valence-corrected chi connectivity index (χ0v) is 25.2. The molecule has 13 aliphatic carbocycles. The molecule has 12 fully saturated rings. The molecule has 0 aliphatic heterocycles. The van der Waals surface area contributed by atoms with Gasteiger partial charge in [-0.15, -0.1) is 0 Å². The molecule has 13 aliphatic rings. The van der Waals surface area contributed by atoms with Gasteiger partial charge in [0, 0.05) is 5.41 Å². The second kappa shape index (κ2) is 8.44. The maximum absolute atomic E-state index is 14.1. The molecule has 226 valence electrons. The normalized spacial score (nSPS) is 53.4.